The van der Waals surface area contributed by atoms with E-state index in [9.17, 15) is 24.0 Å². The zero-order chi connectivity index (χ0) is 37.2. The van der Waals surface area contributed by atoms with Crippen LogP contribution in [0.4, 0.5) is 0 Å². The van der Waals surface area contributed by atoms with E-state index in [1.54, 1.807) is 23.9 Å². The number of imidazole rings is 1. The highest BCUT2D eigenvalue weighted by atomic mass is 16.2. The minimum Gasteiger partial charge on any atom is -0.354 e. The number of carbonyl (C=O) groups is 5. The molecule has 0 aliphatic carbocycles. The largest absolute Gasteiger partial charge is 0.354 e. The molecule has 5 amide bonds. The summed E-state index contributed by atoms with van der Waals surface area (Å²) in [5.41, 5.74) is 1.58. The summed E-state index contributed by atoms with van der Waals surface area (Å²) in [7, 11) is 0. The normalized spacial score (nSPS) is 19.7. The van der Waals surface area contributed by atoms with E-state index in [1.807, 2.05) is 74.5 Å². The average molecular weight is 711 g/mol. The maximum Gasteiger partial charge on any atom is 0.243 e. The Bertz CT molecular complexity index is 1860. The van der Waals surface area contributed by atoms with Crippen LogP contribution in [0.25, 0.3) is 22.8 Å². The first-order chi connectivity index (χ1) is 25.0. The number of hydrogen-bond acceptors (Lipinski definition) is 8. The Morgan fingerprint density at radius 3 is 2.23 bits per heavy atom. The highest BCUT2D eigenvalue weighted by Gasteiger charge is 2.29. The highest BCUT2D eigenvalue weighted by molar-refractivity contribution is 5.93. The number of amides is 5. The van der Waals surface area contributed by atoms with Crippen LogP contribution in [0, 0.1) is 5.92 Å². The standard InChI is InChI=1S/C37H46N10O5/c1-24(2)20-29-37(52)41-25(3)34-43-33(27-12-7-5-8-13-27)44-47(34)22-30(48)38-16-11-18-45(21-31(49)40-26(4)36(51)42-29)32(50)23-46-19-17-39-35(46)28-14-9-6-10-15-28/h5-10,12-15,17,19,24-26,29H,11,16,18,20-23H2,1-4H3,(H,38,48)(H,40,49)(H,41,52)(H,42,51)/t25-,26+,29+/m0/s1. The fraction of sp³-hybridized carbons (Fsp3) is 0.405. The molecule has 15 nitrogen and oxygen atoms in total. The van der Waals surface area contributed by atoms with E-state index in [1.165, 1.54) is 16.5 Å². The van der Waals surface area contributed by atoms with Crippen molar-refractivity contribution in [2.75, 3.05) is 19.6 Å². The first-order valence-corrected chi connectivity index (χ1v) is 17.5. The monoisotopic (exact) mass is 710 g/mol. The van der Waals surface area contributed by atoms with Gasteiger partial charge in [-0.05, 0) is 32.6 Å². The van der Waals surface area contributed by atoms with Crippen LogP contribution in [-0.4, -0.2) is 90.5 Å². The molecule has 0 saturated carbocycles. The SMILES string of the molecule is CC(C)C[C@H]1NC(=O)[C@@H](C)NC(=O)CN(C(=O)Cn2ccnc2-c2ccccc2)CCCNC(=O)Cn2nc(-c3ccccc3)nc2[C@H](C)NC1=O. The second kappa shape index (κ2) is 17.4. The van der Waals surface area contributed by atoms with Gasteiger partial charge in [0.2, 0.25) is 29.5 Å². The first-order valence-electron chi connectivity index (χ1n) is 17.5. The maximum atomic E-state index is 13.7. The van der Waals surface area contributed by atoms with Crippen LogP contribution in [0.2, 0.25) is 0 Å². The third-order valence-corrected chi connectivity index (χ3v) is 8.55. The summed E-state index contributed by atoms with van der Waals surface area (Å²) in [4.78, 5) is 77.6. The van der Waals surface area contributed by atoms with Crippen LogP contribution < -0.4 is 21.3 Å². The lowest BCUT2D eigenvalue weighted by Crippen LogP contribution is -2.54. The van der Waals surface area contributed by atoms with Gasteiger partial charge < -0.3 is 30.7 Å². The summed E-state index contributed by atoms with van der Waals surface area (Å²) in [5, 5.41) is 15.9. The van der Waals surface area contributed by atoms with Gasteiger partial charge in [-0.3, -0.25) is 24.0 Å². The van der Waals surface area contributed by atoms with Gasteiger partial charge in [-0.15, -0.1) is 0 Å². The number of benzene rings is 2. The first kappa shape index (κ1) is 37.4. The van der Waals surface area contributed by atoms with E-state index < -0.39 is 35.8 Å². The van der Waals surface area contributed by atoms with Crippen LogP contribution in [0.5, 0.6) is 0 Å². The smallest absolute Gasteiger partial charge is 0.243 e. The van der Waals surface area contributed by atoms with E-state index in [0.717, 1.165) is 11.1 Å². The van der Waals surface area contributed by atoms with E-state index in [2.05, 4.69) is 31.3 Å². The molecule has 1 aliphatic heterocycles. The van der Waals surface area contributed by atoms with Crippen LogP contribution >= 0.6 is 0 Å². The molecule has 0 spiro atoms. The van der Waals surface area contributed by atoms with Gasteiger partial charge in [-0.2, -0.15) is 5.10 Å². The maximum absolute atomic E-state index is 13.7. The van der Waals surface area contributed by atoms with Crippen molar-refractivity contribution in [2.45, 2.75) is 71.8 Å². The van der Waals surface area contributed by atoms with Gasteiger partial charge in [0.1, 0.15) is 36.8 Å². The highest BCUT2D eigenvalue weighted by Crippen LogP contribution is 2.20. The number of hydrogen-bond donors (Lipinski definition) is 4. The van der Waals surface area contributed by atoms with Crippen molar-refractivity contribution >= 4 is 29.5 Å². The van der Waals surface area contributed by atoms with Crippen molar-refractivity contribution < 1.29 is 24.0 Å². The third-order valence-electron chi connectivity index (χ3n) is 8.55. The fourth-order valence-electron chi connectivity index (χ4n) is 5.92. The summed E-state index contributed by atoms with van der Waals surface area (Å²) < 4.78 is 3.17. The zero-order valence-electron chi connectivity index (χ0n) is 29.9. The van der Waals surface area contributed by atoms with E-state index in [4.69, 9.17) is 4.98 Å². The van der Waals surface area contributed by atoms with Crippen molar-refractivity contribution in [1.29, 1.82) is 0 Å². The van der Waals surface area contributed by atoms with Crippen LogP contribution in [-0.2, 0) is 37.1 Å². The van der Waals surface area contributed by atoms with Gasteiger partial charge in [0.15, 0.2) is 5.82 Å². The van der Waals surface area contributed by atoms with Gasteiger partial charge in [-0.25, -0.2) is 14.6 Å². The molecule has 0 radical (unpaired) electrons. The van der Waals surface area contributed by atoms with Gasteiger partial charge in [0, 0.05) is 36.6 Å². The Hall–Kier alpha value is -5.86. The molecule has 0 fully saturated rings. The molecule has 5 rings (SSSR count). The number of carbonyl (C=O) groups excluding carboxylic acids is 5. The van der Waals surface area contributed by atoms with Gasteiger partial charge >= 0.3 is 0 Å². The molecule has 2 aromatic carbocycles. The molecular weight excluding hydrogens is 664 g/mol. The van der Waals surface area contributed by atoms with Crippen LogP contribution in [0.3, 0.4) is 0 Å². The quantitative estimate of drug-likeness (QED) is 0.234. The Morgan fingerprint density at radius 1 is 0.846 bits per heavy atom. The molecule has 0 unspecified atom stereocenters. The molecule has 3 heterocycles. The zero-order valence-corrected chi connectivity index (χ0v) is 29.9. The number of nitrogens with zero attached hydrogens (tertiary/aromatic N) is 6. The van der Waals surface area contributed by atoms with Gasteiger partial charge in [-0.1, -0.05) is 74.5 Å². The number of rotatable bonds is 6. The Kier molecular flexibility index (Phi) is 12.5. The number of fused-ring (bicyclic) bond motifs is 1. The molecule has 1 aliphatic rings. The second-order valence-electron chi connectivity index (χ2n) is 13.3. The predicted octanol–water partition coefficient (Wildman–Crippen LogP) is 2.07. The van der Waals surface area contributed by atoms with E-state index in [-0.39, 0.29) is 50.5 Å². The Balaban J connectivity index is 1.39. The van der Waals surface area contributed by atoms with Crippen LogP contribution in [0.15, 0.2) is 73.1 Å². The second-order valence-corrected chi connectivity index (χ2v) is 13.3. The summed E-state index contributed by atoms with van der Waals surface area (Å²) in [5.74, 6) is -0.822. The molecular formula is C37H46N10O5. The van der Waals surface area contributed by atoms with Crippen molar-refractivity contribution in [3.8, 4) is 22.8 Å². The number of nitrogens with one attached hydrogen (secondary N) is 4. The summed E-state index contributed by atoms with van der Waals surface area (Å²) >= 11 is 0. The lowest BCUT2D eigenvalue weighted by atomic mass is 10.0. The van der Waals surface area contributed by atoms with Crippen molar-refractivity contribution in [2.24, 2.45) is 5.92 Å². The predicted molar refractivity (Wildman–Crippen MR) is 193 cm³/mol. The summed E-state index contributed by atoms with van der Waals surface area (Å²) in [6, 6.07) is 16.2. The minimum absolute atomic E-state index is 0.0485. The van der Waals surface area contributed by atoms with Gasteiger partial charge in [0.05, 0.1) is 12.6 Å². The topological polar surface area (TPSA) is 185 Å². The Morgan fingerprint density at radius 2 is 1.54 bits per heavy atom. The average Bonchev–Trinajstić information content (AvgIpc) is 3.76. The van der Waals surface area contributed by atoms with Crippen LogP contribution in [0.1, 0.15) is 52.4 Å². The summed E-state index contributed by atoms with van der Waals surface area (Å²) in [6.07, 6.45) is 3.98. The molecule has 274 valence electrons. The number of aromatic nitrogens is 5. The van der Waals surface area contributed by atoms with Crippen molar-refractivity contribution in [3.63, 3.8) is 0 Å². The van der Waals surface area contributed by atoms with Gasteiger partial charge in [0.25, 0.3) is 0 Å². The van der Waals surface area contributed by atoms with Crippen molar-refractivity contribution in [1.82, 2.24) is 50.5 Å². The molecule has 52 heavy (non-hydrogen) atoms. The molecule has 2 aromatic heterocycles. The molecule has 3 atom stereocenters. The Labute approximate surface area is 302 Å². The molecule has 4 aromatic rings. The molecule has 0 bridgehead atoms. The lowest BCUT2D eigenvalue weighted by Gasteiger charge is -2.25. The molecule has 0 saturated heterocycles. The summed E-state index contributed by atoms with van der Waals surface area (Å²) in [6.45, 7) is 6.92. The molecule has 15 heteroatoms. The fourth-order valence-corrected chi connectivity index (χ4v) is 5.92. The van der Waals surface area contributed by atoms with E-state index in [0.29, 0.717) is 30.3 Å². The molecule has 4 N–H and O–H groups in total. The minimum atomic E-state index is -0.999. The lowest BCUT2D eigenvalue weighted by molar-refractivity contribution is -0.137. The van der Waals surface area contributed by atoms with Crippen molar-refractivity contribution in [3.05, 3.63) is 78.9 Å². The third kappa shape index (κ3) is 9.89. The van der Waals surface area contributed by atoms with E-state index >= 15 is 0 Å².